The molecule has 7 heavy (non-hydrogen) atoms. The lowest BCUT2D eigenvalue weighted by atomic mass is 10.5. The molecule has 0 aliphatic heterocycles. The summed E-state index contributed by atoms with van der Waals surface area (Å²) in [7, 11) is 0. The van der Waals surface area contributed by atoms with Gasteiger partial charge in [-0.1, -0.05) is 4.49 Å². The zero-order chi connectivity index (χ0) is 5.11. The summed E-state index contributed by atoms with van der Waals surface area (Å²) in [6.45, 7) is 0. The first-order valence-corrected chi connectivity index (χ1v) is 2.47. The molecule has 0 N–H and O–H groups in total. The standard InChI is InChI=1S/C4HN2S/c1-2-4-3-7-6-5-4/h3H. The fraction of sp³-hybridized carbons (Fsp3) is 0. The molecule has 0 unspecified atom stereocenters. The largest absolute Gasteiger partial charge is 0.149 e. The van der Waals surface area contributed by atoms with Crippen molar-refractivity contribution >= 4 is 11.5 Å². The smallest absolute Gasteiger partial charge is 0.129 e. The summed E-state index contributed by atoms with van der Waals surface area (Å²) < 4.78 is 3.50. The predicted molar refractivity (Wildman–Crippen MR) is 26.1 cm³/mol. The quantitative estimate of drug-likeness (QED) is 0.453. The topological polar surface area (TPSA) is 25.8 Å². The van der Waals surface area contributed by atoms with Gasteiger partial charge in [0.25, 0.3) is 0 Å². The molecule has 0 aliphatic carbocycles. The average molecular weight is 109 g/mol. The van der Waals surface area contributed by atoms with Gasteiger partial charge in [-0.05, 0) is 23.9 Å². The second-order valence-electron chi connectivity index (χ2n) is 0.915. The lowest BCUT2D eigenvalue weighted by Gasteiger charge is -1.62. The zero-order valence-corrected chi connectivity index (χ0v) is 4.20. The highest BCUT2D eigenvalue weighted by Gasteiger charge is 1.83. The minimum Gasteiger partial charge on any atom is -0.129 e. The fourth-order valence-corrected chi connectivity index (χ4v) is 0.607. The molecule has 0 aliphatic rings. The van der Waals surface area contributed by atoms with Crippen molar-refractivity contribution in [3.05, 3.63) is 17.5 Å². The predicted octanol–water partition coefficient (Wildman–Crippen LogP) is 0.476. The van der Waals surface area contributed by atoms with Gasteiger partial charge in [-0.3, -0.25) is 0 Å². The molecular formula is C4HN2S. The summed E-state index contributed by atoms with van der Waals surface area (Å²) in [5, 5.41) is 5.16. The van der Waals surface area contributed by atoms with Crippen LogP contribution in [0.25, 0.3) is 0 Å². The Labute approximate surface area is 45.3 Å². The van der Waals surface area contributed by atoms with Gasteiger partial charge < -0.3 is 0 Å². The Morgan fingerprint density at radius 1 is 1.86 bits per heavy atom. The van der Waals surface area contributed by atoms with Gasteiger partial charge in [0, 0.05) is 5.38 Å². The summed E-state index contributed by atoms with van der Waals surface area (Å²) in [6.07, 6.45) is 6.51. The van der Waals surface area contributed by atoms with E-state index in [2.05, 4.69) is 15.5 Å². The van der Waals surface area contributed by atoms with E-state index in [0.29, 0.717) is 5.69 Å². The molecule has 0 fully saturated rings. The summed E-state index contributed by atoms with van der Waals surface area (Å²) in [5.41, 5.74) is 0.505. The molecule has 0 saturated carbocycles. The van der Waals surface area contributed by atoms with E-state index in [-0.39, 0.29) is 0 Å². The van der Waals surface area contributed by atoms with E-state index in [9.17, 15) is 0 Å². The van der Waals surface area contributed by atoms with Gasteiger partial charge in [0.05, 0.1) is 0 Å². The SMILES string of the molecule is [C]#Cc1csnn1. The van der Waals surface area contributed by atoms with Crippen LogP contribution in [-0.2, 0) is 0 Å². The molecule has 1 radical (unpaired) electrons. The number of hydrogen-bond donors (Lipinski definition) is 0. The molecule has 2 nitrogen and oxygen atoms in total. The Kier molecular flexibility index (Phi) is 1.05. The van der Waals surface area contributed by atoms with Crippen LogP contribution in [-0.4, -0.2) is 9.59 Å². The van der Waals surface area contributed by atoms with Gasteiger partial charge in [-0.25, -0.2) is 0 Å². The van der Waals surface area contributed by atoms with E-state index >= 15 is 0 Å². The molecule has 1 aromatic heterocycles. The maximum atomic E-state index is 6.51. The molecule has 0 saturated heterocycles. The summed E-state index contributed by atoms with van der Waals surface area (Å²) in [4.78, 5) is 0. The van der Waals surface area contributed by atoms with E-state index in [4.69, 9.17) is 6.42 Å². The lowest BCUT2D eigenvalue weighted by Crippen LogP contribution is -1.68. The van der Waals surface area contributed by atoms with Crippen LogP contribution in [0.1, 0.15) is 5.69 Å². The van der Waals surface area contributed by atoms with E-state index in [1.165, 1.54) is 11.5 Å². The third kappa shape index (κ3) is 0.756. The zero-order valence-electron chi connectivity index (χ0n) is 3.38. The van der Waals surface area contributed by atoms with E-state index < -0.39 is 0 Å². The van der Waals surface area contributed by atoms with E-state index in [0.717, 1.165) is 0 Å². The molecule has 0 aromatic carbocycles. The van der Waals surface area contributed by atoms with E-state index in [1.807, 2.05) is 0 Å². The second-order valence-corrected chi connectivity index (χ2v) is 1.52. The van der Waals surface area contributed by atoms with Gasteiger partial charge in [-0.2, -0.15) is 0 Å². The van der Waals surface area contributed by atoms with Crippen molar-refractivity contribution in [3.8, 4) is 5.92 Å². The van der Waals surface area contributed by atoms with Crippen molar-refractivity contribution < 1.29 is 0 Å². The molecule has 33 valence electrons. The molecule has 0 amide bonds. The van der Waals surface area contributed by atoms with Gasteiger partial charge in [0.15, 0.2) is 0 Å². The number of nitrogens with zero attached hydrogens (tertiary/aromatic N) is 2. The number of hydrogen-bond acceptors (Lipinski definition) is 3. The summed E-state index contributed by atoms with van der Waals surface area (Å²) in [6, 6.07) is 0. The van der Waals surface area contributed by atoms with Crippen LogP contribution in [0.4, 0.5) is 0 Å². The van der Waals surface area contributed by atoms with Gasteiger partial charge in [0.1, 0.15) is 5.69 Å². The highest BCUT2D eigenvalue weighted by molar-refractivity contribution is 7.03. The van der Waals surface area contributed by atoms with Crippen LogP contribution in [0.5, 0.6) is 0 Å². The van der Waals surface area contributed by atoms with Crippen LogP contribution in [0.2, 0.25) is 0 Å². The van der Waals surface area contributed by atoms with Crippen molar-refractivity contribution in [3.63, 3.8) is 0 Å². The maximum Gasteiger partial charge on any atom is 0.149 e. The monoisotopic (exact) mass is 109 g/mol. The minimum atomic E-state index is 0.505. The van der Waals surface area contributed by atoms with Gasteiger partial charge in [-0.15, -0.1) is 5.10 Å². The first-order chi connectivity index (χ1) is 3.43. The third-order valence-corrected chi connectivity index (χ3v) is 0.993. The minimum absolute atomic E-state index is 0.505. The Morgan fingerprint density at radius 2 is 2.71 bits per heavy atom. The second kappa shape index (κ2) is 1.71. The highest BCUT2D eigenvalue weighted by Crippen LogP contribution is 1.91. The Bertz CT molecular complexity index is 172. The van der Waals surface area contributed by atoms with Gasteiger partial charge in [0.2, 0.25) is 0 Å². The number of rotatable bonds is 0. The summed E-state index contributed by atoms with van der Waals surface area (Å²) >= 11 is 1.22. The molecule has 1 heterocycles. The Balaban J connectivity index is 3.04. The van der Waals surface area contributed by atoms with Crippen molar-refractivity contribution in [2.75, 3.05) is 0 Å². The molecule has 0 atom stereocenters. The number of aromatic nitrogens is 2. The third-order valence-electron chi connectivity index (χ3n) is 0.488. The first kappa shape index (κ1) is 4.28. The van der Waals surface area contributed by atoms with Crippen LogP contribution < -0.4 is 0 Å². The molecule has 1 rings (SSSR count). The van der Waals surface area contributed by atoms with Gasteiger partial charge >= 0.3 is 0 Å². The van der Waals surface area contributed by atoms with Crippen molar-refractivity contribution in [1.29, 1.82) is 0 Å². The molecule has 0 spiro atoms. The molecule has 3 heteroatoms. The van der Waals surface area contributed by atoms with Crippen LogP contribution in [0, 0.1) is 12.3 Å². The van der Waals surface area contributed by atoms with Crippen LogP contribution in [0.3, 0.4) is 0 Å². The average Bonchev–Trinajstić information content (AvgIpc) is 2.14. The van der Waals surface area contributed by atoms with Crippen molar-refractivity contribution in [2.45, 2.75) is 0 Å². The molecule has 1 aromatic rings. The highest BCUT2D eigenvalue weighted by atomic mass is 32.1. The normalized spacial score (nSPS) is 7.86. The van der Waals surface area contributed by atoms with Crippen LogP contribution in [0.15, 0.2) is 5.38 Å². The Hall–Kier alpha value is -0.880. The van der Waals surface area contributed by atoms with E-state index in [1.54, 1.807) is 5.38 Å². The van der Waals surface area contributed by atoms with Crippen LogP contribution >= 0.6 is 11.5 Å². The summed E-state index contributed by atoms with van der Waals surface area (Å²) in [5.74, 6) is 2.09. The fourth-order valence-electron chi connectivity index (χ4n) is 0.219. The molecule has 0 bridgehead atoms. The van der Waals surface area contributed by atoms with Crippen molar-refractivity contribution in [2.24, 2.45) is 0 Å². The maximum absolute atomic E-state index is 6.51. The molecular weight excluding hydrogens is 108 g/mol. The first-order valence-electron chi connectivity index (χ1n) is 1.63. The Morgan fingerprint density at radius 3 is 3.00 bits per heavy atom. The van der Waals surface area contributed by atoms with Crippen molar-refractivity contribution in [1.82, 2.24) is 9.59 Å². The lowest BCUT2D eigenvalue weighted by molar-refractivity contribution is 1.13.